The van der Waals surface area contributed by atoms with Crippen molar-refractivity contribution in [2.75, 3.05) is 18.0 Å². The first-order valence-corrected chi connectivity index (χ1v) is 11.8. The fourth-order valence-electron chi connectivity index (χ4n) is 4.88. The smallest absolute Gasteiger partial charge is 0.254 e. The third-order valence-electron chi connectivity index (χ3n) is 6.61. The van der Waals surface area contributed by atoms with Crippen molar-refractivity contribution in [3.05, 3.63) is 76.0 Å². The molecule has 36 heavy (non-hydrogen) atoms. The first-order valence-electron chi connectivity index (χ1n) is 11.0. The number of benzene rings is 2. The van der Waals surface area contributed by atoms with E-state index in [1.165, 1.54) is 12.1 Å². The van der Waals surface area contributed by atoms with Gasteiger partial charge in [0.2, 0.25) is 0 Å². The van der Waals surface area contributed by atoms with E-state index in [1.807, 2.05) is 13.0 Å². The Labute approximate surface area is 209 Å². The summed E-state index contributed by atoms with van der Waals surface area (Å²) in [6.45, 7) is 2.16. The number of terminal acetylenes is 1. The summed E-state index contributed by atoms with van der Waals surface area (Å²) in [6, 6.07) is 8.88. The Bertz CT molecular complexity index is 1660. The maximum absolute atomic E-state index is 15.8. The Morgan fingerprint density at radius 1 is 1.19 bits per heavy atom. The molecular formula is C27H19F2N5OS. The van der Waals surface area contributed by atoms with Crippen molar-refractivity contribution in [3.63, 3.8) is 0 Å². The zero-order valence-electron chi connectivity index (χ0n) is 19.1. The molecule has 0 bridgehead atoms. The Morgan fingerprint density at radius 3 is 2.67 bits per heavy atom. The van der Waals surface area contributed by atoms with E-state index in [-0.39, 0.29) is 54.9 Å². The zero-order valence-corrected chi connectivity index (χ0v) is 19.9. The molecule has 0 unspecified atom stereocenters. The van der Waals surface area contributed by atoms with E-state index in [4.69, 9.17) is 17.9 Å². The first kappa shape index (κ1) is 23.3. The molecule has 3 heterocycles. The molecule has 1 aliphatic rings. The van der Waals surface area contributed by atoms with Crippen molar-refractivity contribution in [1.82, 2.24) is 9.88 Å². The van der Waals surface area contributed by atoms with E-state index < -0.39 is 11.6 Å². The van der Waals surface area contributed by atoms with Crippen LogP contribution >= 0.6 is 11.3 Å². The molecule has 0 aliphatic carbocycles. The van der Waals surface area contributed by atoms with Gasteiger partial charge in [0.25, 0.3) is 5.91 Å². The van der Waals surface area contributed by atoms with Crippen molar-refractivity contribution in [2.24, 2.45) is 0 Å². The van der Waals surface area contributed by atoms with Crippen molar-refractivity contribution in [1.29, 1.82) is 5.26 Å². The molecule has 0 saturated heterocycles. The first-order chi connectivity index (χ1) is 17.3. The second-order valence-electron chi connectivity index (χ2n) is 8.43. The van der Waals surface area contributed by atoms with E-state index >= 15 is 4.39 Å². The number of nitriles is 1. The summed E-state index contributed by atoms with van der Waals surface area (Å²) in [5.41, 5.74) is 13.9. The number of nitrogens with two attached hydrogens (primary N) is 2. The lowest BCUT2D eigenvalue weighted by atomic mass is 9.85. The van der Waals surface area contributed by atoms with Gasteiger partial charge in [-0.25, -0.2) is 13.8 Å². The number of amides is 1. The van der Waals surface area contributed by atoms with Crippen LogP contribution in [0, 0.1) is 35.3 Å². The highest BCUT2D eigenvalue weighted by Crippen LogP contribution is 2.44. The maximum Gasteiger partial charge on any atom is 0.254 e. The molecule has 4 N–H and O–H groups in total. The van der Waals surface area contributed by atoms with Crippen molar-refractivity contribution in [3.8, 4) is 29.5 Å². The molecule has 9 heteroatoms. The van der Waals surface area contributed by atoms with Gasteiger partial charge in [0.15, 0.2) is 0 Å². The lowest BCUT2D eigenvalue weighted by molar-refractivity contribution is 0.0672. The van der Waals surface area contributed by atoms with Gasteiger partial charge in [-0.1, -0.05) is 18.1 Å². The number of nitrogens with zero attached hydrogens (tertiary/aromatic N) is 3. The number of rotatable bonds is 3. The standard InChI is InChI=1S/C27H19F2N5OS/c1-3-14-16-8-10-34(13(2)15-5-4-9-33-25(15)31)27(35)18(16)11-21(29)22(14)17-6-7-20(28)24-23(17)19(12-30)26(32)36-24/h1,4-7,9,11,13H,8,10,32H2,2H3,(H2,31,33)/t13-/m1/s1. The number of hydrogen-bond acceptors (Lipinski definition) is 6. The van der Waals surface area contributed by atoms with Crippen molar-refractivity contribution in [2.45, 2.75) is 19.4 Å². The molecule has 0 radical (unpaired) electrons. The third-order valence-corrected chi connectivity index (χ3v) is 7.64. The quantitative estimate of drug-likeness (QED) is 0.385. The molecule has 4 aromatic rings. The van der Waals surface area contributed by atoms with Crippen LogP contribution in [0.4, 0.5) is 19.6 Å². The minimum atomic E-state index is -0.744. The SMILES string of the molecule is C#Cc1c2c(cc(F)c1-c1ccc(F)c3sc(N)c(C#N)c13)C(=O)N([C@H](C)c1cccnc1N)CC2. The Kier molecular flexibility index (Phi) is 5.58. The van der Waals surface area contributed by atoms with Gasteiger partial charge in [-0.15, -0.1) is 17.8 Å². The van der Waals surface area contributed by atoms with Crippen LogP contribution in [0.15, 0.2) is 36.5 Å². The molecule has 1 amide bonds. The normalized spacial score (nSPS) is 13.8. The van der Waals surface area contributed by atoms with E-state index in [9.17, 15) is 14.4 Å². The molecule has 2 aromatic carbocycles. The number of hydrogen-bond donors (Lipinski definition) is 2. The fourth-order valence-corrected chi connectivity index (χ4v) is 5.83. The number of nitrogen functional groups attached to an aromatic ring is 2. The number of fused-ring (bicyclic) bond motifs is 2. The molecule has 0 saturated carbocycles. The highest BCUT2D eigenvalue weighted by Gasteiger charge is 2.33. The van der Waals surface area contributed by atoms with E-state index in [0.717, 1.165) is 17.4 Å². The Hall–Kier alpha value is -4.47. The van der Waals surface area contributed by atoms with Gasteiger partial charge < -0.3 is 16.4 Å². The van der Waals surface area contributed by atoms with Crippen LogP contribution in [-0.2, 0) is 6.42 Å². The average molecular weight is 500 g/mol. The lowest BCUT2D eigenvalue weighted by Crippen LogP contribution is -2.40. The molecule has 2 aromatic heterocycles. The van der Waals surface area contributed by atoms with Gasteiger partial charge in [-0.05, 0) is 42.7 Å². The highest BCUT2D eigenvalue weighted by atomic mass is 32.1. The van der Waals surface area contributed by atoms with Crippen LogP contribution in [0.3, 0.4) is 0 Å². The van der Waals surface area contributed by atoms with E-state index in [0.29, 0.717) is 29.9 Å². The molecular weight excluding hydrogens is 480 g/mol. The number of thiophene rings is 1. The van der Waals surface area contributed by atoms with Crippen molar-refractivity contribution < 1.29 is 13.6 Å². The highest BCUT2D eigenvalue weighted by molar-refractivity contribution is 7.23. The molecule has 1 atom stereocenters. The summed E-state index contributed by atoms with van der Waals surface area (Å²) in [5.74, 6) is 1.17. The number of aromatic nitrogens is 1. The van der Waals surface area contributed by atoms with Gasteiger partial charge >= 0.3 is 0 Å². The summed E-state index contributed by atoms with van der Waals surface area (Å²) >= 11 is 0.920. The minimum Gasteiger partial charge on any atom is -0.389 e. The van der Waals surface area contributed by atoms with Gasteiger partial charge in [-0.2, -0.15) is 5.26 Å². The number of anilines is 2. The number of halogens is 2. The van der Waals surface area contributed by atoms with Crippen LogP contribution in [0.2, 0.25) is 0 Å². The summed E-state index contributed by atoms with van der Waals surface area (Å²) < 4.78 is 30.5. The fraction of sp³-hybridized carbons (Fsp3) is 0.148. The second kappa shape index (κ2) is 8.63. The van der Waals surface area contributed by atoms with Gasteiger partial charge in [-0.3, -0.25) is 4.79 Å². The summed E-state index contributed by atoms with van der Waals surface area (Å²) in [7, 11) is 0. The topological polar surface area (TPSA) is 109 Å². The van der Waals surface area contributed by atoms with E-state index in [2.05, 4.69) is 10.9 Å². The van der Waals surface area contributed by atoms with Crippen LogP contribution in [0.1, 0.15) is 45.6 Å². The number of carbonyl (C=O) groups is 1. The number of pyridine rings is 1. The van der Waals surface area contributed by atoms with E-state index in [1.54, 1.807) is 23.2 Å². The molecule has 0 spiro atoms. The predicted octanol–water partition coefficient (Wildman–Crippen LogP) is 5.02. The Morgan fingerprint density at radius 2 is 1.97 bits per heavy atom. The zero-order chi connectivity index (χ0) is 25.7. The van der Waals surface area contributed by atoms with Crippen LogP contribution in [-0.4, -0.2) is 22.3 Å². The molecule has 1 aliphatic heterocycles. The summed E-state index contributed by atoms with van der Waals surface area (Å²) in [6.07, 6.45) is 7.80. The van der Waals surface area contributed by atoms with Gasteiger partial charge in [0.05, 0.1) is 16.3 Å². The minimum absolute atomic E-state index is 0.0429. The van der Waals surface area contributed by atoms with Crippen LogP contribution < -0.4 is 11.5 Å². The Balaban J connectivity index is 1.68. The second-order valence-corrected chi connectivity index (χ2v) is 9.49. The molecule has 6 nitrogen and oxygen atoms in total. The monoisotopic (exact) mass is 499 g/mol. The summed E-state index contributed by atoms with van der Waals surface area (Å²) in [5, 5.41) is 9.98. The maximum atomic E-state index is 15.8. The van der Waals surface area contributed by atoms with Crippen LogP contribution in [0.25, 0.3) is 21.2 Å². The summed E-state index contributed by atoms with van der Waals surface area (Å²) in [4.78, 5) is 19.2. The van der Waals surface area contributed by atoms with Crippen LogP contribution in [0.5, 0.6) is 0 Å². The predicted molar refractivity (Wildman–Crippen MR) is 136 cm³/mol. The van der Waals surface area contributed by atoms with Gasteiger partial charge in [0.1, 0.15) is 28.5 Å². The lowest BCUT2D eigenvalue weighted by Gasteiger charge is -2.35. The third kappa shape index (κ3) is 3.36. The van der Waals surface area contributed by atoms with Gasteiger partial charge in [0, 0.05) is 40.4 Å². The number of carbonyl (C=O) groups excluding carboxylic acids is 1. The molecule has 5 rings (SSSR count). The average Bonchev–Trinajstić information content (AvgIpc) is 3.21. The molecule has 0 fully saturated rings. The van der Waals surface area contributed by atoms with Crippen molar-refractivity contribution >= 4 is 38.1 Å². The largest absolute Gasteiger partial charge is 0.389 e. The molecule has 178 valence electrons.